The van der Waals surface area contributed by atoms with Crippen LogP contribution in [0.4, 0.5) is 0 Å². The highest BCUT2D eigenvalue weighted by atomic mass is 32.1. The number of unbranched alkanes of at least 4 members (excludes halogenated alkanes) is 2. The highest BCUT2D eigenvalue weighted by Gasteiger charge is 2.06. The lowest BCUT2D eigenvalue weighted by Gasteiger charge is -2.05. The third-order valence-corrected chi connectivity index (χ3v) is 5.20. The molecule has 1 heterocycles. The van der Waals surface area contributed by atoms with Gasteiger partial charge in [-0.25, -0.2) is 0 Å². The van der Waals surface area contributed by atoms with Crippen LogP contribution in [0.5, 0.6) is 0 Å². The van der Waals surface area contributed by atoms with Crippen molar-refractivity contribution in [3.05, 3.63) is 69.2 Å². The number of benzene rings is 2. The highest BCUT2D eigenvalue weighted by Crippen LogP contribution is 2.25. The molecule has 0 bridgehead atoms. The first-order valence-corrected chi connectivity index (χ1v) is 9.13. The van der Waals surface area contributed by atoms with E-state index in [1.165, 1.54) is 41.7 Å². The molecule has 0 amide bonds. The SMILES string of the molecule is CCCCCc1ccc(-c2cc3ccc(C)cc3sc2=O)cc1. The van der Waals surface area contributed by atoms with Gasteiger partial charge in [0.25, 0.3) is 0 Å². The van der Waals surface area contributed by atoms with Crippen molar-refractivity contribution >= 4 is 21.4 Å². The molecule has 0 aliphatic rings. The topological polar surface area (TPSA) is 17.1 Å². The first-order valence-electron chi connectivity index (χ1n) is 8.31. The molecule has 118 valence electrons. The Labute approximate surface area is 141 Å². The first-order chi connectivity index (χ1) is 11.2. The maximum atomic E-state index is 12.5. The molecule has 0 atom stereocenters. The van der Waals surface area contributed by atoms with E-state index in [-0.39, 0.29) is 4.74 Å². The van der Waals surface area contributed by atoms with Gasteiger partial charge in [-0.1, -0.05) is 67.5 Å². The zero-order valence-corrected chi connectivity index (χ0v) is 14.6. The van der Waals surface area contributed by atoms with Gasteiger partial charge in [0.2, 0.25) is 4.74 Å². The number of rotatable bonds is 5. The second-order valence-corrected chi connectivity index (χ2v) is 7.16. The van der Waals surface area contributed by atoms with Gasteiger partial charge in [-0.15, -0.1) is 0 Å². The second-order valence-electron chi connectivity index (χ2n) is 6.14. The van der Waals surface area contributed by atoms with Crippen LogP contribution in [0.2, 0.25) is 0 Å². The van der Waals surface area contributed by atoms with Crippen LogP contribution in [0.1, 0.15) is 37.3 Å². The zero-order chi connectivity index (χ0) is 16.2. The number of hydrogen-bond acceptors (Lipinski definition) is 2. The summed E-state index contributed by atoms with van der Waals surface area (Å²) in [5.74, 6) is 0. The van der Waals surface area contributed by atoms with Gasteiger partial charge in [-0.05, 0) is 54.0 Å². The molecular weight excluding hydrogens is 300 g/mol. The predicted octanol–water partition coefficient (Wildman–Crippen LogP) is 5.97. The molecule has 1 nitrogen and oxygen atoms in total. The van der Waals surface area contributed by atoms with Crippen molar-refractivity contribution in [2.75, 3.05) is 0 Å². The smallest absolute Gasteiger partial charge is 0.240 e. The molecule has 3 aromatic rings. The van der Waals surface area contributed by atoms with Crippen molar-refractivity contribution < 1.29 is 0 Å². The first kappa shape index (κ1) is 15.9. The van der Waals surface area contributed by atoms with Crippen molar-refractivity contribution in [1.82, 2.24) is 0 Å². The van der Waals surface area contributed by atoms with E-state index in [4.69, 9.17) is 0 Å². The standard InChI is InChI=1S/C21H22OS/c1-3-4-5-6-16-8-11-17(12-9-16)19-14-18-10-7-15(2)13-20(18)23-21(19)22/h7-14H,3-6H2,1-2H3. The summed E-state index contributed by atoms with van der Waals surface area (Å²) in [6.45, 7) is 4.28. The second kappa shape index (κ2) is 7.10. The fourth-order valence-corrected chi connectivity index (χ4v) is 3.83. The molecule has 0 fully saturated rings. The third kappa shape index (κ3) is 3.70. The quantitative estimate of drug-likeness (QED) is 0.529. The predicted molar refractivity (Wildman–Crippen MR) is 101 cm³/mol. The third-order valence-electron chi connectivity index (χ3n) is 4.23. The number of aryl methyl sites for hydroxylation is 2. The Morgan fingerprint density at radius 3 is 2.48 bits per heavy atom. The fourth-order valence-electron chi connectivity index (χ4n) is 2.85. The molecule has 0 N–H and O–H groups in total. The largest absolute Gasteiger partial charge is 0.277 e. The van der Waals surface area contributed by atoms with Crippen molar-refractivity contribution in [2.45, 2.75) is 39.5 Å². The van der Waals surface area contributed by atoms with Crippen molar-refractivity contribution in [2.24, 2.45) is 0 Å². The molecule has 0 spiro atoms. The van der Waals surface area contributed by atoms with Gasteiger partial charge in [0.15, 0.2) is 0 Å². The minimum Gasteiger partial charge on any atom is -0.277 e. The van der Waals surface area contributed by atoms with Crippen molar-refractivity contribution in [3.63, 3.8) is 0 Å². The van der Waals surface area contributed by atoms with E-state index in [0.29, 0.717) is 0 Å². The minimum absolute atomic E-state index is 0.141. The minimum atomic E-state index is 0.141. The van der Waals surface area contributed by atoms with Gasteiger partial charge in [0.1, 0.15) is 0 Å². The molecular formula is C21H22OS. The Hall–Kier alpha value is -1.93. The van der Waals surface area contributed by atoms with Crippen LogP contribution < -0.4 is 4.74 Å². The molecule has 0 aliphatic heterocycles. The van der Waals surface area contributed by atoms with Crippen LogP contribution in [0.15, 0.2) is 53.3 Å². The van der Waals surface area contributed by atoms with E-state index in [0.717, 1.165) is 27.6 Å². The highest BCUT2D eigenvalue weighted by molar-refractivity contribution is 7.16. The van der Waals surface area contributed by atoms with Crippen LogP contribution >= 0.6 is 11.3 Å². The van der Waals surface area contributed by atoms with E-state index in [1.807, 2.05) is 6.07 Å². The summed E-state index contributed by atoms with van der Waals surface area (Å²) in [4.78, 5) is 12.5. The van der Waals surface area contributed by atoms with Crippen molar-refractivity contribution in [1.29, 1.82) is 0 Å². The molecule has 23 heavy (non-hydrogen) atoms. The molecule has 0 radical (unpaired) electrons. The summed E-state index contributed by atoms with van der Waals surface area (Å²) in [5, 5.41) is 1.14. The van der Waals surface area contributed by atoms with Crippen LogP contribution in [0.25, 0.3) is 21.2 Å². The van der Waals surface area contributed by atoms with Gasteiger partial charge in [0, 0.05) is 10.3 Å². The molecule has 0 unspecified atom stereocenters. The Morgan fingerprint density at radius 1 is 0.957 bits per heavy atom. The van der Waals surface area contributed by atoms with Gasteiger partial charge >= 0.3 is 0 Å². The van der Waals surface area contributed by atoms with Crippen LogP contribution in [0, 0.1) is 6.92 Å². The normalized spacial score (nSPS) is 11.0. The molecule has 0 saturated carbocycles. The average molecular weight is 322 g/mol. The average Bonchev–Trinajstić information content (AvgIpc) is 2.55. The lowest BCUT2D eigenvalue weighted by molar-refractivity contribution is 0.717. The van der Waals surface area contributed by atoms with Gasteiger partial charge in [-0.2, -0.15) is 0 Å². The molecule has 0 saturated heterocycles. The Morgan fingerprint density at radius 2 is 1.74 bits per heavy atom. The number of hydrogen-bond donors (Lipinski definition) is 0. The molecule has 2 aromatic carbocycles. The van der Waals surface area contributed by atoms with Crippen LogP contribution in [-0.4, -0.2) is 0 Å². The number of fused-ring (bicyclic) bond motifs is 1. The zero-order valence-electron chi connectivity index (χ0n) is 13.8. The summed E-state index contributed by atoms with van der Waals surface area (Å²) in [6, 6.07) is 16.8. The lowest BCUT2D eigenvalue weighted by atomic mass is 10.0. The van der Waals surface area contributed by atoms with Gasteiger partial charge in [0.05, 0.1) is 0 Å². The van der Waals surface area contributed by atoms with Crippen LogP contribution in [-0.2, 0) is 6.42 Å². The fraction of sp³-hybridized carbons (Fsp3) is 0.286. The van der Waals surface area contributed by atoms with E-state index in [9.17, 15) is 4.79 Å². The van der Waals surface area contributed by atoms with Gasteiger partial charge < -0.3 is 0 Å². The summed E-state index contributed by atoms with van der Waals surface area (Å²) >= 11 is 1.34. The molecule has 2 heteroatoms. The summed E-state index contributed by atoms with van der Waals surface area (Å²) in [5.41, 5.74) is 4.38. The maximum Gasteiger partial charge on any atom is 0.240 e. The monoisotopic (exact) mass is 322 g/mol. The Kier molecular flexibility index (Phi) is 4.92. The molecule has 0 aliphatic carbocycles. The summed E-state index contributed by atoms with van der Waals surface area (Å²) < 4.78 is 1.21. The maximum absolute atomic E-state index is 12.5. The van der Waals surface area contributed by atoms with Crippen LogP contribution in [0.3, 0.4) is 0 Å². The Balaban J connectivity index is 1.92. The van der Waals surface area contributed by atoms with E-state index >= 15 is 0 Å². The lowest BCUT2D eigenvalue weighted by Crippen LogP contribution is -1.99. The van der Waals surface area contributed by atoms with E-state index in [2.05, 4.69) is 56.3 Å². The van der Waals surface area contributed by atoms with Gasteiger partial charge in [-0.3, -0.25) is 4.79 Å². The van der Waals surface area contributed by atoms with E-state index in [1.54, 1.807) is 0 Å². The molecule has 3 rings (SSSR count). The van der Waals surface area contributed by atoms with E-state index < -0.39 is 0 Å². The summed E-state index contributed by atoms with van der Waals surface area (Å²) in [7, 11) is 0. The summed E-state index contributed by atoms with van der Waals surface area (Å²) in [6.07, 6.45) is 4.88. The molecule has 1 aromatic heterocycles. The Bertz CT molecular complexity index is 859. The van der Waals surface area contributed by atoms with Crippen molar-refractivity contribution in [3.8, 4) is 11.1 Å².